The summed E-state index contributed by atoms with van der Waals surface area (Å²) >= 11 is 2.47. The number of nitrogens with one attached hydrogen (secondary N) is 3. The molecule has 0 radical (unpaired) electrons. The molecule has 1 aliphatic rings. The molecule has 0 bridgehead atoms. The summed E-state index contributed by atoms with van der Waals surface area (Å²) in [5.41, 5.74) is 2.76. The van der Waals surface area contributed by atoms with E-state index in [-0.39, 0.29) is 5.75 Å². The number of nitrogens with zero attached hydrogens (tertiary/aromatic N) is 3. The fourth-order valence-corrected chi connectivity index (χ4v) is 4.85. The summed E-state index contributed by atoms with van der Waals surface area (Å²) in [5, 5.41) is 15.3. The third-order valence-electron chi connectivity index (χ3n) is 4.88. The van der Waals surface area contributed by atoms with Crippen LogP contribution in [0.15, 0.2) is 65.0 Å². The maximum Gasteiger partial charge on any atom is 0.344 e. The topological polar surface area (TPSA) is 116 Å². The average Bonchev–Trinajstić information content (AvgIpc) is 3.36. The van der Waals surface area contributed by atoms with Crippen LogP contribution in [0.4, 0.5) is 15.6 Å². The molecule has 1 atom stereocenters. The third kappa shape index (κ3) is 4.43. The number of hydrogen-bond acceptors (Lipinski definition) is 8. The number of benzene rings is 2. The van der Waals surface area contributed by atoms with Gasteiger partial charge in [-0.3, -0.25) is 15.0 Å². The zero-order chi connectivity index (χ0) is 22.6. The molecule has 1 fully saturated rings. The lowest BCUT2D eigenvalue weighted by Crippen LogP contribution is -2.49. The highest BCUT2D eigenvalue weighted by molar-refractivity contribution is 8.01. The van der Waals surface area contributed by atoms with Gasteiger partial charge in [0.2, 0.25) is 11.0 Å². The average molecular weight is 469 g/mol. The zero-order valence-corrected chi connectivity index (χ0v) is 18.7. The van der Waals surface area contributed by atoms with Gasteiger partial charge in [0.25, 0.3) is 5.91 Å². The normalized spacial score (nSPS) is 17.8. The van der Waals surface area contributed by atoms with Crippen molar-refractivity contribution in [2.24, 2.45) is 0 Å². The number of thioether (sulfide) groups is 1. The first kappa shape index (κ1) is 21.8. The Bertz CT molecular complexity index is 1120. The molecule has 3 aromatic rings. The second-order valence-corrected chi connectivity index (χ2v) is 9.08. The number of carbonyl (C=O) groups excluding carboxylic acids is 3. The minimum Gasteiger partial charge on any atom is -0.330 e. The first-order valence-corrected chi connectivity index (χ1v) is 11.6. The fourth-order valence-electron chi connectivity index (χ4n) is 3.29. The van der Waals surface area contributed by atoms with E-state index in [1.54, 1.807) is 24.3 Å². The maximum atomic E-state index is 13.0. The molecule has 0 aliphatic carbocycles. The van der Waals surface area contributed by atoms with Gasteiger partial charge in [-0.05, 0) is 24.1 Å². The Balaban J connectivity index is 1.35. The van der Waals surface area contributed by atoms with Crippen molar-refractivity contribution < 1.29 is 14.4 Å². The van der Waals surface area contributed by atoms with Crippen molar-refractivity contribution in [3.63, 3.8) is 0 Å². The van der Waals surface area contributed by atoms with Gasteiger partial charge in [-0.25, -0.2) is 4.79 Å². The summed E-state index contributed by atoms with van der Waals surface area (Å²) in [4.78, 5) is 37.9. The molecule has 3 N–H and O–H groups in total. The van der Waals surface area contributed by atoms with Gasteiger partial charge < -0.3 is 10.6 Å². The van der Waals surface area contributed by atoms with Gasteiger partial charge in [0.15, 0.2) is 4.34 Å². The number of para-hydroxylation sites is 1. The van der Waals surface area contributed by atoms with Crippen molar-refractivity contribution in [3.05, 3.63) is 66.2 Å². The molecule has 11 heteroatoms. The molecule has 1 saturated heterocycles. The molecule has 1 aliphatic heterocycles. The number of aromatic nitrogens is 2. The maximum absolute atomic E-state index is 13.0. The summed E-state index contributed by atoms with van der Waals surface area (Å²) < 4.78 is 0.586. The molecule has 2 aromatic carbocycles. The molecule has 1 unspecified atom stereocenters. The number of hydrazine groups is 1. The largest absolute Gasteiger partial charge is 0.344 e. The zero-order valence-electron chi connectivity index (χ0n) is 17.1. The fraction of sp³-hybridized carbons (Fsp3) is 0.190. The Kier molecular flexibility index (Phi) is 6.37. The van der Waals surface area contributed by atoms with Crippen LogP contribution in [0.2, 0.25) is 0 Å². The van der Waals surface area contributed by atoms with Gasteiger partial charge in [0.05, 0.1) is 5.75 Å². The van der Waals surface area contributed by atoms with Crippen molar-refractivity contribution in [3.8, 4) is 0 Å². The molecule has 0 spiro atoms. The van der Waals surface area contributed by atoms with Gasteiger partial charge in [-0.2, -0.15) is 5.01 Å². The number of carbonyl (C=O) groups is 3. The molecule has 4 amide bonds. The van der Waals surface area contributed by atoms with E-state index in [0.717, 1.165) is 10.7 Å². The lowest BCUT2D eigenvalue weighted by Gasteiger charge is -2.25. The predicted molar refractivity (Wildman–Crippen MR) is 122 cm³/mol. The molecule has 4 rings (SSSR count). The molecule has 32 heavy (non-hydrogen) atoms. The predicted octanol–water partition coefficient (Wildman–Crippen LogP) is 3.26. The van der Waals surface area contributed by atoms with Crippen molar-refractivity contribution in [2.45, 2.75) is 23.2 Å². The third-order valence-corrected chi connectivity index (χ3v) is 6.86. The number of amides is 4. The molecular weight excluding hydrogens is 448 g/mol. The Hall–Kier alpha value is -3.44. The smallest absolute Gasteiger partial charge is 0.330 e. The van der Waals surface area contributed by atoms with Gasteiger partial charge >= 0.3 is 6.03 Å². The van der Waals surface area contributed by atoms with E-state index >= 15 is 0 Å². The summed E-state index contributed by atoms with van der Waals surface area (Å²) in [6, 6.07) is 17.9. The van der Waals surface area contributed by atoms with Crippen molar-refractivity contribution in [1.82, 2.24) is 25.9 Å². The Morgan fingerprint density at radius 2 is 1.78 bits per heavy atom. The number of hydrogen-bond donors (Lipinski definition) is 3. The minimum absolute atomic E-state index is 0.0263. The Morgan fingerprint density at radius 1 is 1.09 bits per heavy atom. The van der Waals surface area contributed by atoms with Crippen LogP contribution < -0.4 is 16.1 Å². The highest BCUT2D eigenvalue weighted by atomic mass is 32.2. The van der Waals surface area contributed by atoms with Gasteiger partial charge in [0.1, 0.15) is 5.54 Å². The van der Waals surface area contributed by atoms with E-state index in [1.165, 1.54) is 23.1 Å². The Morgan fingerprint density at radius 3 is 2.47 bits per heavy atom. The lowest BCUT2D eigenvalue weighted by atomic mass is 9.87. The highest BCUT2D eigenvalue weighted by Crippen LogP contribution is 2.32. The first-order chi connectivity index (χ1) is 15.5. The van der Waals surface area contributed by atoms with Crippen LogP contribution in [-0.2, 0) is 15.1 Å². The van der Waals surface area contributed by atoms with Gasteiger partial charge in [-0.15, -0.1) is 10.2 Å². The quantitative estimate of drug-likeness (QED) is 0.343. The summed E-state index contributed by atoms with van der Waals surface area (Å²) in [7, 11) is 0. The monoisotopic (exact) mass is 468 g/mol. The van der Waals surface area contributed by atoms with E-state index in [1.807, 2.05) is 43.3 Å². The molecule has 2 heterocycles. The molecule has 164 valence electrons. The van der Waals surface area contributed by atoms with Crippen LogP contribution in [0.25, 0.3) is 0 Å². The van der Waals surface area contributed by atoms with E-state index < -0.39 is 23.4 Å². The van der Waals surface area contributed by atoms with Crippen molar-refractivity contribution in [2.75, 3.05) is 11.1 Å². The first-order valence-electron chi connectivity index (χ1n) is 9.82. The van der Waals surface area contributed by atoms with Crippen LogP contribution in [0.5, 0.6) is 0 Å². The van der Waals surface area contributed by atoms with Gasteiger partial charge in [0, 0.05) is 5.69 Å². The molecule has 1 aromatic heterocycles. The second-order valence-electron chi connectivity index (χ2n) is 6.88. The van der Waals surface area contributed by atoms with E-state index in [4.69, 9.17) is 0 Å². The number of imide groups is 1. The number of anilines is 2. The van der Waals surface area contributed by atoms with Crippen LogP contribution in [0, 0.1) is 0 Å². The summed E-state index contributed by atoms with van der Waals surface area (Å²) in [6.45, 7) is 1.81. The molecule has 9 nitrogen and oxygen atoms in total. The standard InChI is InChI=1S/C21H20N6O3S2/c1-2-21(14-9-5-3-6-10-14)17(29)27(19(30)23-21)26-16(28)13-31-20-25-24-18(32-20)22-15-11-7-4-8-12-15/h3-12H,2,13H2,1H3,(H,22,24)(H,23,30)(H,26,28). The van der Waals surface area contributed by atoms with Crippen molar-refractivity contribution in [1.29, 1.82) is 0 Å². The van der Waals surface area contributed by atoms with Crippen LogP contribution >= 0.6 is 23.1 Å². The highest BCUT2D eigenvalue weighted by Gasteiger charge is 2.52. The number of rotatable bonds is 8. The van der Waals surface area contributed by atoms with Crippen LogP contribution in [-0.4, -0.2) is 38.8 Å². The van der Waals surface area contributed by atoms with E-state index in [9.17, 15) is 14.4 Å². The Labute approximate surface area is 192 Å². The summed E-state index contributed by atoms with van der Waals surface area (Å²) in [6.07, 6.45) is 0.352. The van der Waals surface area contributed by atoms with Gasteiger partial charge in [-0.1, -0.05) is 78.6 Å². The van der Waals surface area contributed by atoms with E-state index in [0.29, 0.717) is 21.5 Å². The minimum atomic E-state index is -1.20. The lowest BCUT2D eigenvalue weighted by molar-refractivity contribution is -0.138. The summed E-state index contributed by atoms with van der Waals surface area (Å²) in [5.74, 6) is -1.03. The molecule has 0 saturated carbocycles. The van der Waals surface area contributed by atoms with Crippen molar-refractivity contribution >= 4 is 51.8 Å². The van der Waals surface area contributed by atoms with Crippen LogP contribution in [0.1, 0.15) is 18.9 Å². The van der Waals surface area contributed by atoms with E-state index in [2.05, 4.69) is 26.3 Å². The van der Waals surface area contributed by atoms with Crippen LogP contribution in [0.3, 0.4) is 0 Å². The molecular formula is C21H20N6O3S2. The SMILES string of the molecule is CCC1(c2ccccc2)NC(=O)N(NC(=O)CSc2nnc(Nc3ccccc3)s2)C1=O. The number of urea groups is 1. The second kappa shape index (κ2) is 9.37.